The van der Waals surface area contributed by atoms with Crippen LogP contribution in [0.3, 0.4) is 0 Å². The van der Waals surface area contributed by atoms with Crippen molar-refractivity contribution in [1.29, 1.82) is 0 Å². The van der Waals surface area contributed by atoms with Crippen molar-refractivity contribution in [3.8, 4) is 0 Å². The molecule has 0 aromatic heterocycles. The first-order chi connectivity index (χ1) is 10.3. The first-order valence-corrected chi connectivity index (χ1v) is 7.88. The number of nitrogens with one attached hydrogen (secondary N) is 1. The standard InChI is InChI=1S/C15H25N3O4/c1-4-22-12(19)11-6-5-7-17(10-11)8-9-18-13(20)15(2,3)16-14(18)21/h11H,4-10H2,1-3H3,(H,16,21). The number of piperidine rings is 1. The molecule has 2 rings (SSSR count). The Balaban J connectivity index is 1.85. The van der Waals surface area contributed by atoms with Crippen LogP contribution in [0.5, 0.6) is 0 Å². The molecule has 0 radical (unpaired) electrons. The Kier molecular flexibility index (Phi) is 5.05. The normalized spacial score (nSPS) is 25.2. The fourth-order valence-corrected chi connectivity index (χ4v) is 2.97. The zero-order chi connectivity index (χ0) is 16.3. The maximum Gasteiger partial charge on any atom is 0.325 e. The lowest BCUT2D eigenvalue weighted by Crippen LogP contribution is -2.45. The summed E-state index contributed by atoms with van der Waals surface area (Å²) in [6, 6.07) is -0.339. The van der Waals surface area contributed by atoms with E-state index in [-0.39, 0.29) is 23.8 Å². The van der Waals surface area contributed by atoms with Gasteiger partial charge in [0, 0.05) is 19.6 Å². The number of rotatable bonds is 5. The minimum absolute atomic E-state index is 0.103. The molecule has 2 saturated heterocycles. The number of esters is 1. The Morgan fingerprint density at radius 3 is 2.68 bits per heavy atom. The summed E-state index contributed by atoms with van der Waals surface area (Å²) in [7, 11) is 0. The van der Waals surface area contributed by atoms with Crippen molar-refractivity contribution in [3.05, 3.63) is 0 Å². The number of urea groups is 1. The molecule has 0 aromatic rings. The van der Waals surface area contributed by atoms with Gasteiger partial charge >= 0.3 is 12.0 Å². The predicted molar refractivity (Wildman–Crippen MR) is 80.1 cm³/mol. The summed E-state index contributed by atoms with van der Waals surface area (Å²) in [5.41, 5.74) is -0.827. The fraction of sp³-hybridized carbons (Fsp3) is 0.800. The number of imide groups is 1. The molecule has 7 heteroatoms. The summed E-state index contributed by atoms with van der Waals surface area (Å²) < 4.78 is 5.07. The summed E-state index contributed by atoms with van der Waals surface area (Å²) in [5, 5.41) is 2.67. The van der Waals surface area contributed by atoms with Crippen molar-refractivity contribution in [3.63, 3.8) is 0 Å². The number of carbonyl (C=O) groups excluding carboxylic acids is 3. The molecular weight excluding hydrogens is 286 g/mol. The molecule has 0 aliphatic carbocycles. The Morgan fingerprint density at radius 1 is 1.36 bits per heavy atom. The maximum atomic E-state index is 12.1. The summed E-state index contributed by atoms with van der Waals surface area (Å²) in [6.45, 7) is 8.05. The number of carbonyl (C=O) groups is 3. The van der Waals surface area contributed by atoms with Crippen molar-refractivity contribution in [1.82, 2.24) is 15.1 Å². The lowest BCUT2D eigenvalue weighted by molar-refractivity contribution is -0.150. The van der Waals surface area contributed by atoms with E-state index in [0.717, 1.165) is 19.4 Å². The van der Waals surface area contributed by atoms with Gasteiger partial charge in [-0.1, -0.05) is 0 Å². The fourth-order valence-electron chi connectivity index (χ4n) is 2.97. The van der Waals surface area contributed by atoms with Gasteiger partial charge in [0.2, 0.25) is 0 Å². The third-order valence-electron chi connectivity index (χ3n) is 4.21. The minimum Gasteiger partial charge on any atom is -0.466 e. The monoisotopic (exact) mass is 311 g/mol. The van der Waals surface area contributed by atoms with Gasteiger partial charge in [0.05, 0.1) is 12.5 Å². The largest absolute Gasteiger partial charge is 0.466 e. The second-order valence-corrected chi connectivity index (χ2v) is 6.40. The van der Waals surface area contributed by atoms with E-state index in [0.29, 0.717) is 26.2 Å². The molecule has 1 atom stereocenters. The molecule has 2 aliphatic heterocycles. The first-order valence-electron chi connectivity index (χ1n) is 7.88. The number of hydrogen-bond acceptors (Lipinski definition) is 5. The Bertz CT molecular complexity index is 464. The quantitative estimate of drug-likeness (QED) is 0.594. The number of likely N-dealkylation sites (tertiary alicyclic amines) is 1. The molecule has 0 aromatic carbocycles. The topological polar surface area (TPSA) is 79.0 Å². The highest BCUT2D eigenvalue weighted by atomic mass is 16.5. The molecular formula is C15H25N3O4. The van der Waals surface area contributed by atoms with Gasteiger partial charge in [-0.15, -0.1) is 0 Å². The third-order valence-corrected chi connectivity index (χ3v) is 4.21. The molecule has 2 aliphatic rings. The zero-order valence-electron chi connectivity index (χ0n) is 13.6. The van der Waals surface area contributed by atoms with Gasteiger partial charge in [0.15, 0.2) is 0 Å². The van der Waals surface area contributed by atoms with Crippen LogP contribution < -0.4 is 5.32 Å². The molecule has 22 heavy (non-hydrogen) atoms. The van der Waals surface area contributed by atoms with Crippen molar-refractivity contribution in [2.75, 3.05) is 32.8 Å². The van der Waals surface area contributed by atoms with Crippen LogP contribution in [0.2, 0.25) is 0 Å². The number of nitrogens with zero attached hydrogens (tertiary/aromatic N) is 2. The van der Waals surface area contributed by atoms with E-state index in [1.165, 1.54) is 4.90 Å². The number of ether oxygens (including phenoxy) is 1. The maximum absolute atomic E-state index is 12.1. The van der Waals surface area contributed by atoms with Gasteiger partial charge < -0.3 is 15.0 Å². The molecule has 1 unspecified atom stereocenters. The number of hydrogen-bond donors (Lipinski definition) is 1. The van der Waals surface area contributed by atoms with E-state index in [9.17, 15) is 14.4 Å². The minimum atomic E-state index is -0.827. The molecule has 1 N–H and O–H groups in total. The molecule has 2 fully saturated rings. The van der Waals surface area contributed by atoms with Gasteiger partial charge in [-0.2, -0.15) is 0 Å². The van der Waals surface area contributed by atoms with E-state index in [1.807, 2.05) is 0 Å². The Hall–Kier alpha value is -1.63. The van der Waals surface area contributed by atoms with Crippen molar-refractivity contribution in [2.45, 2.75) is 39.2 Å². The van der Waals surface area contributed by atoms with Crippen LogP contribution in [0.1, 0.15) is 33.6 Å². The van der Waals surface area contributed by atoms with Crippen molar-refractivity contribution < 1.29 is 19.1 Å². The second-order valence-electron chi connectivity index (χ2n) is 6.40. The van der Waals surface area contributed by atoms with Gasteiger partial charge in [-0.05, 0) is 40.2 Å². The zero-order valence-corrected chi connectivity index (χ0v) is 13.6. The molecule has 124 valence electrons. The molecule has 0 bridgehead atoms. The molecule has 3 amide bonds. The average molecular weight is 311 g/mol. The van der Waals surface area contributed by atoms with Crippen LogP contribution in [0, 0.1) is 5.92 Å². The lowest BCUT2D eigenvalue weighted by atomic mass is 9.98. The van der Waals surface area contributed by atoms with Crippen LogP contribution in [0.25, 0.3) is 0 Å². The lowest BCUT2D eigenvalue weighted by Gasteiger charge is -2.32. The van der Waals surface area contributed by atoms with E-state index in [1.54, 1.807) is 20.8 Å². The molecule has 0 saturated carbocycles. The smallest absolute Gasteiger partial charge is 0.325 e. The highest BCUT2D eigenvalue weighted by molar-refractivity contribution is 6.06. The van der Waals surface area contributed by atoms with Gasteiger partial charge in [0.25, 0.3) is 5.91 Å². The van der Waals surface area contributed by atoms with Gasteiger partial charge in [0.1, 0.15) is 5.54 Å². The molecule has 7 nitrogen and oxygen atoms in total. The van der Waals surface area contributed by atoms with Gasteiger partial charge in [-0.3, -0.25) is 14.5 Å². The summed E-state index contributed by atoms with van der Waals surface area (Å²) in [4.78, 5) is 39.1. The summed E-state index contributed by atoms with van der Waals surface area (Å²) >= 11 is 0. The predicted octanol–water partition coefficient (Wildman–Crippen LogP) is 0.592. The second kappa shape index (κ2) is 6.64. The summed E-state index contributed by atoms with van der Waals surface area (Å²) in [6.07, 6.45) is 1.76. The van der Waals surface area contributed by atoms with E-state index < -0.39 is 5.54 Å². The van der Waals surface area contributed by atoms with E-state index >= 15 is 0 Å². The van der Waals surface area contributed by atoms with E-state index in [2.05, 4.69) is 10.2 Å². The highest BCUT2D eigenvalue weighted by Crippen LogP contribution is 2.19. The SMILES string of the molecule is CCOC(=O)C1CCCN(CCN2C(=O)NC(C)(C)C2=O)C1. The Labute approximate surface area is 131 Å². The highest BCUT2D eigenvalue weighted by Gasteiger charge is 2.44. The van der Waals surface area contributed by atoms with Crippen LogP contribution in [0.15, 0.2) is 0 Å². The van der Waals surface area contributed by atoms with Crippen molar-refractivity contribution in [2.24, 2.45) is 5.92 Å². The third kappa shape index (κ3) is 3.58. The first kappa shape index (κ1) is 16.7. The van der Waals surface area contributed by atoms with Crippen LogP contribution in [-0.4, -0.2) is 66.0 Å². The molecule has 0 spiro atoms. The Morgan fingerprint density at radius 2 is 2.09 bits per heavy atom. The van der Waals surface area contributed by atoms with E-state index in [4.69, 9.17) is 4.74 Å². The van der Waals surface area contributed by atoms with Crippen LogP contribution in [0.4, 0.5) is 4.79 Å². The summed E-state index contributed by atoms with van der Waals surface area (Å²) in [5.74, 6) is -0.451. The van der Waals surface area contributed by atoms with Crippen LogP contribution >= 0.6 is 0 Å². The number of amides is 3. The molecule has 2 heterocycles. The van der Waals surface area contributed by atoms with Crippen molar-refractivity contribution >= 4 is 17.9 Å². The van der Waals surface area contributed by atoms with Crippen LogP contribution in [-0.2, 0) is 14.3 Å². The van der Waals surface area contributed by atoms with Gasteiger partial charge in [-0.25, -0.2) is 4.79 Å². The average Bonchev–Trinajstić information content (AvgIpc) is 2.66.